The third-order valence-corrected chi connectivity index (χ3v) is 4.33. The molecule has 1 aromatic carbocycles. The Labute approximate surface area is 155 Å². The Morgan fingerprint density at radius 1 is 1.37 bits per heavy atom. The number of amides is 2. The summed E-state index contributed by atoms with van der Waals surface area (Å²) in [7, 11) is 0. The molecule has 2 aromatic rings. The number of carboxylic acids is 1. The van der Waals surface area contributed by atoms with Gasteiger partial charge in [-0.05, 0) is 42.8 Å². The van der Waals surface area contributed by atoms with Gasteiger partial charge < -0.3 is 24.5 Å². The van der Waals surface area contributed by atoms with Gasteiger partial charge >= 0.3 is 5.97 Å². The summed E-state index contributed by atoms with van der Waals surface area (Å²) in [5, 5.41) is 11.5. The van der Waals surface area contributed by atoms with Crippen LogP contribution in [0.15, 0.2) is 41.0 Å². The molecule has 1 aromatic heterocycles. The summed E-state index contributed by atoms with van der Waals surface area (Å²) < 4.78 is 10.4. The molecule has 1 atom stereocenters. The van der Waals surface area contributed by atoms with Crippen LogP contribution in [0.5, 0.6) is 5.75 Å². The van der Waals surface area contributed by atoms with Crippen LogP contribution in [0.25, 0.3) is 0 Å². The Bertz CT molecular complexity index is 846. The number of ether oxygens (including phenoxy) is 1. The van der Waals surface area contributed by atoms with E-state index in [4.69, 9.17) is 14.3 Å². The molecule has 1 aliphatic rings. The minimum absolute atomic E-state index is 0.0827. The molecule has 8 heteroatoms. The monoisotopic (exact) mass is 372 g/mol. The van der Waals surface area contributed by atoms with E-state index in [1.54, 1.807) is 48.4 Å². The first kappa shape index (κ1) is 18.5. The average Bonchev–Trinajstić information content (AvgIpc) is 3.26. The first-order valence-electron chi connectivity index (χ1n) is 8.48. The van der Waals surface area contributed by atoms with Gasteiger partial charge in [-0.25, -0.2) is 4.79 Å². The zero-order valence-corrected chi connectivity index (χ0v) is 14.8. The summed E-state index contributed by atoms with van der Waals surface area (Å²) >= 11 is 0. The number of carbonyl (C=O) groups is 3. The van der Waals surface area contributed by atoms with Gasteiger partial charge in [0.15, 0.2) is 6.61 Å². The summed E-state index contributed by atoms with van der Waals surface area (Å²) in [4.78, 5) is 36.8. The molecule has 142 valence electrons. The second-order valence-corrected chi connectivity index (χ2v) is 6.40. The normalized spacial score (nSPS) is 16.4. The zero-order chi connectivity index (χ0) is 19.4. The van der Waals surface area contributed by atoms with Gasteiger partial charge in [-0.2, -0.15) is 0 Å². The van der Waals surface area contributed by atoms with E-state index in [1.165, 1.54) is 0 Å². The number of benzene rings is 1. The Morgan fingerprint density at radius 2 is 2.19 bits per heavy atom. The average molecular weight is 372 g/mol. The summed E-state index contributed by atoms with van der Waals surface area (Å²) in [5.74, 6) is -0.719. The lowest BCUT2D eigenvalue weighted by Gasteiger charge is -2.16. The molecule has 3 rings (SSSR count). The van der Waals surface area contributed by atoms with Crippen LogP contribution < -0.4 is 10.1 Å². The topological polar surface area (TPSA) is 109 Å². The second kappa shape index (κ2) is 7.94. The van der Waals surface area contributed by atoms with Crippen LogP contribution in [0.4, 0.5) is 5.69 Å². The van der Waals surface area contributed by atoms with Crippen molar-refractivity contribution in [1.29, 1.82) is 0 Å². The van der Waals surface area contributed by atoms with Gasteiger partial charge in [-0.15, -0.1) is 0 Å². The highest BCUT2D eigenvalue weighted by Gasteiger charge is 2.34. The fraction of sp³-hybridized carbons (Fsp3) is 0.316. The van der Waals surface area contributed by atoms with Gasteiger partial charge in [0.1, 0.15) is 11.5 Å². The largest absolute Gasteiger partial charge is 0.482 e. The molecule has 0 radical (unpaired) electrons. The van der Waals surface area contributed by atoms with E-state index in [-0.39, 0.29) is 18.2 Å². The molecule has 0 bridgehead atoms. The molecule has 2 amide bonds. The molecule has 0 saturated carbocycles. The van der Waals surface area contributed by atoms with E-state index in [0.29, 0.717) is 30.3 Å². The Hall–Kier alpha value is -3.29. The van der Waals surface area contributed by atoms with E-state index in [0.717, 1.165) is 5.56 Å². The van der Waals surface area contributed by atoms with Crippen molar-refractivity contribution in [3.63, 3.8) is 0 Å². The number of hydrogen-bond acceptors (Lipinski definition) is 5. The highest BCUT2D eigenvalue weighted by Crippen LogP contribution is 2.25. The van der Waals surface area contributed by atoms with Gasteiger partial charge in [0.2, 0.25) is 11.8 Å². The number of likely N-dealkylation sites (tertiary alicyclic amines) is 1. The molecule has 2 N–H and O–H groups in total. The Kier molecular flexibility index (Phi) is 5.44. The second-order valence-electron chi connectivity index (χ2n) is 6.40. The Morgan fingerprint density at radius 3 is 2.85 bits per heavy atom. The number of hydrogen-bond donors (Lipinski definition) is 2. The first-order valence-corrected chi connectivity index (χ1v) is 8.48. The fourth-order valence-corrected chi connectivity index (χ4v) is 2.94. The number of anilines is 1. The van der Waals surface area contributed by atoms with Crippen LogP contribution in [0.2, 0.25) is 0 Å². The van der Waals surface area contributed by atoms with Gasteiger partial charge in [-0.3, -0.25) is 9.59 Å². The maximum atomic E-state index is 12.5. The number of nitrogens with zero attached hydrogens (tertiary/aromatic N) is 1. The van der Waals surface area contributed by atoms with Crippen LogP contribution in [-0.4, -0.2) is 40.9 Å². The standard InChI is InChI=1S/C19H20N2O6/c1-12-7-14(27-11-18(23)24)4-5-16(12)20-19(25)13-8-17(22)21(9-13)10-15-3-2-6-26-15/h2-7,13H,8-11H2,1H3,(H,20,25)(H,23,24). The van der Waals surface area contributed by atoms with Crippen molar-refractivity contribution in [2.24, 2.45) is 5.92 Å². The number of carboxylic acid groups (broad SMARTS) is 1. The van der Waals surface area contributed by atoms with E-state index in [2.05, 4.69) is 5.32 Å². The summed E-state index contributed by atoms with van der Waals surface area (Å²) in [5.41, 5.74) is 1.34. The number of aliphatic carboxylic acids is 1. The zero-order valence-electron chi connectivity index (χ0n) is 14.8. The molecule has 0 spiro atoms. The van der Waals surface area contributed by atoms with Crippen LogP contribution in [0.1, 0.15) is 17.7 Å². The van der Waals surface area contributed by atoms with Crippen LogP contribution in [0, 0.1) is 12.8 Å². The molecule has 27 heavy (non-hydrogen) atoms. The molecular weight excluding hydrogens is 352 g/mol. The van der Waals surface area contributed by atoms with E-state index < -0.39 is 18.5 Å². The number of nitrogens with one attached hydrogen (secondary N) is 1. The van der Waals surface area contributed by atoms with E-state index >= 15 is 0 Å². The fourth-order valence-electron chi connectivity index (χ4n) is 2.94. The van der Waals surface area contributed by atoms with Crippen LogP contribution >= 0.6 is 0 Å². The van der Waals surface area contributed by atoms with Crippen LogP contribution in [-0.2, 0) is 20.9 Å². The third kappa shape index (κ3) is 4.66. The minimum atomic E-state index is -1.06. The van der Waals surface area contributed by atoms with Crippen molar-refractivity contribution in [2.75, 3.05) is 18.5 Å². The number of furan rings is 1. The lowest BCUT2D eigenvalue weighted by Crippen LogP contribution is -2.28. The van der Waals surface area contributed by atoms with E-state index in [9.17, 15) is 14.4 Å². The molecular formula is C19H20N2O6. The Balaban J connectivity index is 1.58. The van der Waals surface area contributed by atoms with Crippen molar-refractivity contribution in [1.82, 2.24) is 4.90 Å². The van der Waals surface area contributed by atoms with Crippen molar-refractivity contribution < 1.29 is 28.6 Å². The highest BCUT2D eigenvalue weighted by atomic mass is 16.5. The molecule has 8 nitrogen and oxygen atoms in total. The lowest BCUT2D eigenvalue weighted by molar-refractivity contribution is -0.139. The predicted molar refractivity (Wildman–Crippen MR) is 95.2 cm³/mol. The summed E-state index contributed by atoms with van der Waals surface area (Å²) in [6.45, 7) is 2.04. The SMILES string of the molecule is Cc1cc(OCC(=O)O)ccc1NC(=O)C1CC(=O)N(Cc2ccco2)C1. The van der Waals surface area contributed by atoms with Crippen molar-refractivity contribution in [2.45, 2.75) is 19.9 Å². The molecule has 1 fully saturated rings. The van der Waals surface area contributed by atoms with Gasteiger partial charge in [-0.1, -0.05) is 0 Å². The molecule has 1 unspecified atom stereocenters. The third-order valence-electron chi connectivity index (χ3n) is 4.33. The number of rotatable bonds is 7. The minimum Gasteiger partial charge on any atom is -0.482 e. The molecule has 1 aliphatic heterocycles. The molecule has 1 saturated heterocycles. The van der Waals surface area contributed by atoms with Crippen molar-refractivity contribution in [3.8, 4) is 5.75 Å². The van der Waals surface area contributed by atoms with Crippen molar-refractivity contribution in [3.05, 3.63) is 47.9 Å². The summed E-state index contributed by atoms with van der Waals surface area (Å²) in [6.07, 6.45) is 1.71. The van der Waals surface area contributed by atoms with Gasteiger partial charge in [0, 0.05) is 18.7 Å². The quantitative estimate of drug-likeness (QED) is 0.770. The first-order chi connectivity index (χ1) is 12.9. The summed E-state index contributed by atoms with van der Waals surface area (Å²) in [6, 6.07) is 8.45. The molecule has 2 heterocycles. The van der Waals surface area contributed by atoms with Crippen molar-refractivity contribution >= 4 is 23.5 Å². The van der Waals surface area contributed by atoms with E-state index in [1.807, 2.05) is 0 Å². The predicted octanol–water partition coefficient (Wildman–Crippen LogP) is 2.04. The highest BCUT2D eigenvalue weighted by molar-refractivity contribution is 5.97. The van der Waals surface area contributed by atoms with Crippen LogP contribution in [0.3, 0.4) is 0 Å². The maximum absolute atomic E-state index is 12.5. The number of aryl methyl sites for hydroxylation is 1. The molecule has 0 aliphatic carbocycles. The maximum Gasteiger partial charge on any atom is 0.341 e. The lowest BCUT2D eigenvalue weighted by atomic mass is 10.1. The van der Waals surface area contributed by atoms with Gasteiger partial charge in [0.25, 0.3) is 0 Å². The van der Waals surface area contributed by atoms with Gasteiger partial charge in [0.05, 0.1) is 18.7 Å². The smallest absolute Gasteiger partial charge is 0.341 e. The number of carbonyl (C=O) groups excluding carboxylic acids is 2.